The van der Waals surface area contributed by atoms with Crippen molar-refractivity contribution in [1.29, 1.82) is 0 Å². The van der Waals surface area contributed by atoms with Crippen LogP contribution in [0.25, 0.3) is 28.4 Å². The van der Waals surface area contributed by atoms with Crippen LogP contribution in [0.5, 0.6) is 23.0 Å². The average molecular weight is 488 g/mol. The fraction of sp³-hybridized carbons (Fsp3) is 0.143. The molecule has 0 bridgehead atoms. The number of carbonyl (C=O) groups is 1. The maximum atomic E-state index is 12.6. The molecule has 4 rings (SSSR count). The smallest absolute Gasteiger partial charge is 0.248 e. The number of nitrogens with one attached hydrogen (secondary N) is 1. The average Bonchev–Trinajstić information content (AvgIpc) is 2.91. The van der Waals surface area contributed by atoms with E-state index >= 15 is 0 Å². The molecule has 184 valence electrons. The molecule has 1 heterocycles. The van der Waals surface area contributed by atoms with E-state index in [2.05, 4.69) is 5.32 Å². The van der Waals surface area contributed by atoms with Gasteiger partial charge in [-0.1, -0.05) is 0 Å². The van der Waals surface area contributed by atoms with Gasteiger partial charge in [-0.05, 0) is 66.2 Å². The van der Waals surface area contributed by atoms with E-state index in [-0.39, 0.29) is 11.3 Å². The molecule has 4 aromatic rings. The normalized spacial score (nSPS) is 10.9. The Bertz CT molecular complexity index is 1460. The van der Waals surface area contributed by atoms with Crippen LogP contribution in [0.1, 0.15) is 5.56 Å². The molecule has 1 amide bonds. The lowest BCUT2D eigenvalue weighted by Crippen LogP contribution is -2.07. The summed E-state index contributed by atoms with van der Waals surface area (Å²) in [5.74, 6) is 2.16. The molecule has 0 aliphatic carbocycles. The van der Waals surface area contributed by atoms with Gasteiger partial charge in [0.05, 0.1) is 33.8 Å². The lowest BCUT2D eigenvalue weighted by Gasteiger charge is -2.12. The van der Waals surface area contributed by atoms with E-state index in [0.717, 1.165) is 0 Å². The van der Waals surface area contributed by atoms with Gasteiger partial charge in [0.15, 0.2) is 16.9 Å². The van der Waals surface area contributed by atoms with Gasteiger partial charge in [0.1, 0.15) is 17.1 Å². The molecule has 8 nitrogen and oxygen atoms in total. The van der Waals surface area contributed by atoms with E-state index < -0.39 is 0 Å². The topological polar surface area (TPSA) is 96.2 Å². The van der Waals surface area contributed by atoms with Gasteiger partial charge >= 0.3 is 0 Å². The largest absolute Gasteiger partial charge is 0.497 e. The Labute approximate surface area is 207 Å². The van der Waals surface area contributed by atoms with Crippen molar-refractivity contribution in [2.24, 2.45) is 0 Å². The molecule has 0 aliphatic heterocycles. The van der Waals surface area contributed by atoms with Crippen molar-refractivity contribution in [3.63, 3.8) is 0 Å². The molecular weight excluding hydrogens is 462 g/mol. The third-order valence-electron chi connectivity index (χ3n) is 5.49. The lowest BCUT2D eigenvalue weighted by atomic mass is 10.1. The number of hydrogen-bond donors (Lipinski definition) is 1. The summed E-state index contributed by atoms with van der Waals surface area (Å²) in [6, 6.07) is 17.0. The highest BCUT2D eigenvalue weighted by Crippen LogP contribution is 2.38. The van der Waals surface area contributed by atoms with Crippen molar-refractivity contribution >= 4 is 28.6 Å². The lowest BCUT2D eigenvalue weighted by molar-refractivity contribution is -0.111. The van der Waals surface area contributed by atoms with Crippen LogP contribution in [0.15, 0.2) is 76.0 Å². The number of benzene rings is 3. The number of fused-ring (bicyclic) bond motifs is 1. The van der Waals surface area contributed by atoms with E-state index in [0.29, 0.717) is 56.5 Å². The molecule has 0 saturated heterocycles. The zero-order chi connectivity index (χ0) is 25.7. The highest BCUT2D eigenvalue weighted by Gasteiger charge is 2.12. The summed E-state index contributed by atoms with van der Waals surface area (Å²) in [7, 11) is 6.13. The Hall–Kier alpha value is -4.72. The van der Waals surface area contributed by atoms with Gasteiger partial charge in [0.25, 0.3) is 0 Å². The number of ether oxygens (including phenoxy) is 4. The minimum Gasteiger partial charge on any atom is -0.497 e. The van der Waals surface area contributed by atoms with Crippen molar-refractivity contribution in [3.8, 4) is 34.3 Å². The van der Waals surface area contributed by atoms with Gasteiger partial charge < -0.3 is 28.7 Å². The number of amides is 1. The standard InChI is InChI=1S/C28H25NO7/c1-32-20-10-11-23-21(15-20)22(30)16-24(36-23)18-6-8-19(9-7-18)29-27(31)12-5-17-13-25(33-2)28(35-4)26(14-17)34-3/h5-16H,1-4H3,(H,29,31)/b12-5+. The molecule has 0 unspecified atom stereocenters. The quantitative estimate of drug-likeness (QED) is 0.344. The van der Waals surface area contributed by atoms with Crippen molar-refractivity contribution in [1.82, 2.24) is 0 Å². The maximum absolute atomic E-state index is 12.6. The first-order chi connectivity index (χ1) is 17.4. The van der Waals surface area contributed by atoms with Gasteiger partial charge in [-0.2, -0.15) is 0 Å². The zero-order valence-electron chi connectivity index (χ0n) is 20.3. The fourth-order valence-corrected chi connectivity index (χ4v) is 3.68. The van der Waals surface area contributed by atoms with Gasteiger partial charge in [-0.25, -0.2) is 0 Å². The molecule has 0 saturated carbocycles. The summed E-state index contributed by atoms with van der Waals surface area (Å²) in [5, 5.41) is 3.25. The molecule has 36 heavy (non-hydrogen) atoms. The van der Waals surface area contributed by atoms with Gasteiger partial charge in [0, 0.05) is 23.4 Å². The van der Waals surface area contributed by atoms with Crippen LogP contribution in [0, 0.1) is 0 Å². The highest BCUT2D eigenvalue weighted by atomic mass is 16.5. The Morgan fingerprint density at radius 2 is 1.53 bits per heavy atom. The maximum Gasteiger partial charge on any atom is 0.248 e. The minimum absolute atomic E-state index is 0.167. The van der Waals surface area contributed by atoms with Crippen molar-refractivity contribution in [2.75, 3.05) is 33.8 Å². The molecule has 0 spiro atoms. The molecule has 3 aromatic carbocycles. The van der Waals surface area contributed by atoms with Crippen LogP contribution in [0.3, 0.4) is 0 Å². The third-order valence-corrected chi connectivity index (χ3v) is 5.49. The predicted molar refractivity (Wildman–Crippen MR) is 138 cm³/mol. The molecule has 0 atom stereocenters. The summed E-state index contributed by atoms with van der Waals surface area (Å²) in [4.78, 5) is 25.0. The number of methoxy groups -OCH3 is 4. The van der Waals surface area contributed by atoms with Gasteiger partial charge in [-0.3, -0.25) is 9.59 Å². The first-order valence-electron chi connectivity index (χ1n) is 11.0. The SMILES string of the molecule is COc1ccc2oc(-c3ccc(NC(=O)/C=C/c4cc(OC)c(OC)c(OC)c4)cc3)cc(=O)c2c1. The summed E-state index contributed by atoms with van der Waals surface area (Å²) in [6.07, 6.45) is 3.05. The van der Waals surface area contributed by atoms with E-state index in [1.807, 2.05) is 0 Å². The van der Waals surface area contributed by atoms with E-state index in [4.69, 9.17) is 23.4 Å². The summed E-state index contributed by atoms with van der Waals surface area (Å²) >= 11 is 0. The third kappa shape index (κ3) is 5.17. The molecule has 0 radical (unpaired) electrons. The fourth-order valence-electron chi connectivity index (χ4n) is 3.68. The van der Waals surface area contributed by atoms with Crippen molar-refractivity contribution in [3.05, 3.63) is 82.5 Å². The van der Waals surface area contributed by atoms with E-state index in [9.17, 15) is 9.59 Å². The molecule has 8 heteroatoms. The molecule has 0 aliphatic rings. The highest BCUT2D eigenvalue weighted by molar-refractivity contribution is 6.02. The van der Waals surface area contributed by atoms with Crippen LogP contribution >= 0.6 is 0 Å². The molecule has 1 N–H and O–H groups in total. The summed E-state index contributed by atoms with van der Waals surface area (Å²) in [5.41, 5.74) is 2.30. The zero-order valence-corrected chi connectivity index (χ0v) is 20.3. The van der Waals surface area contributed by atoms with E-state index in [1.165, 1.54) is 33.5 Å². The summed E-state index contributed by atoms with van der Waals surface area (Å²) < 4.78 is 27.1. The van der Waals surface area contributed by atoms with Crippen LogP contribution in [0.4, 0.5) is 5.69 Å². The number of hydrogen-bond acceptors (Lipinski definition) is 7. The minimum atomic E-state index is -0.317. The molecular formula is C28H25NO7. The van der Waals surface area contributed by atoms with Gasteiger partial charge in [-0.15, -0.1) is 0 Å². The Morgan fingerprint density at radius 1 is 0.833 bits per heavy atom. The van der Waals surface area contributed by atoms with Gasteiger partial charge in [0.2, 0.25) is 11.7 Å². The molecule has 0 fully saturated rings. The number of anilines is 1. The Kier molecular flexibility index (Phi) is 7.25. The molecule has 1 aromatic heterocycles. The second kappa shape index (κ2) is 10.7. The first kappa shape index (κ1) is 24.4. The van der Waals surface area contributed by atoms with Crippen LogP contribution < -0.4 is 29.7 Å². The predicted octanol–water partition coefficient (Wildman–Crippen LogP) is 5.15. The van der Waals surface area contributed by atoms with Crippen LogP contribution in [-0.4, -0.2) is 34.3 Å². The number of carbonyl (C=O) groups excluding carboxylic acids is 1. The Morgan fingerprint density at radius 3 is 2.14 bits per heavy atom. The van der Waals surface area contributed by atoms with Crippen molar-refractivity contribution in [2.45, 2.75) is 0 Å². The second-order valence-electron chi connectivity index (χ2n) is 7.70. The van der Waals surface area contributed by atoms with Crippen LogP contribution in [0.2, 0.25) is 0 Å². The Balaban J connectivity index is 1.49. The monoisotopic (exact) mass is 487 g/mol. The van der Waals surface area contributed by atoms with E-state index in [1.54, 1.807) is 67.8 Å². The summed E-state index contributed by atoms with van der Waals surface area (Å²) in [6.45, 7) is 0. The second-order valence-corrected chi connectivity index (χ2v) is 7.70. The van der Waals surface area contributed by atoms with Crippen LogP contribution in [-0.2, 0) is 4.79 Å². The number of rotatable bonds is 8. The van der Waals surface area contributed by atoms with Crippen molar-refractivity contribution < 1.29 is 28.2 Å². The first-order valence-corrected chi connectivity index (χ1v) is 11.0.